The summed E-state index contributed by atoms with van der Waals surface area (Å²) in [5.41, 5.74) is 0.0976. The molecule has 0 unspecified atom stereocenters. The molecule has 1 amide bonds. The molecule has 0 spiro atoms. The van der Waals surface area contributed by atoms with Crippen molar-refractivity contribution in [1.82, 2.24) is 0 Å². The van der Waals surface area contributed by atoms with Gasteiger partial charge in [-0.25, -0.2) is 8.42 Å². The summed E-state index contributed by atoms with van der Waals surface area (Å²) in [6, 6.07) is 9.08. The number of amides is 1. The van der Waals surface area contributed by atoms with Crippen molar-refractivity contribution in [3.8, 4) is 11.5 Å². The van der Waals surface area contributed by atoms with Crippen LogP contribution in [0, 0.1) is 5.41 Å². The van der Waals surface area contributed by atoms with E-state index in [1.54, 1.807) is 43.0 Å². The van der Waals surface area contributed by atoms with E-state index in [1.807, 2.05) is 0 Å². The maximum absolute atomic E-state index is 12.9. The molecule has 1 N–H and O–H groups in total. The summed E-state index contributed by atoms with van der Waals surface area (Å²) in [5.74, 6) is 0.753. The highest BCUT2D eigenvalue weighted by Crippen LogP contribution is 2.38. The number of ether oxygens (including phenoxy) is 2. The smallest absolute Gasteiger partial charge is 0.263 e. The van der Waals surface area contributed by atoms with Crippen LogP contribution in [-0.2, 0) is 14.8 Å². The Labute approximate surface area is 181 Å². The molecule has 0 fully saturated rings. The van der Waals surface area contributed by atoms with Crippen LogP contribution in [0.2, 0.25) is 5.02 Å². The number of methoxy groups -OCH3 is 1. The second kappa shape index (κ2) is 8.20. The summed E-state index contributed by atoms with van der Waals surface area (Å²) in [6.07, 6.45) is 1.63. The van der Waals surface area contributed by atoms with Gasteiger partial charge in [0.05, 0.1) is 28.9 Å². The van der Waals surface area contributed by atoms with Gasteiger partial charge in [0.2, 0.25) is 5.91 Å². The lowest BCUT2D eigenvalue weighted by molar-refractivity contribution is -0.127. The molecule has 0 aliphatic carbocycles. The lowest BCUT2D eigenvalue weighted by Crippen LogP contribution is -2.42. The number of fused-ring (bicyclic) bond motifs is 1. The predicted molar refractivity (Wildman–Crippen MR) is 117 cm³/mol. The number of benzene rings is 2. The third-order valence-electron chi connectivity index (χ3n) is 4.66. The average molecular weight is 451 g/mol. The van der Waals surface area contributed by atoms with E-state index in [1.165, 1.54) is 25.3 Å². The van der Waals surface area contributed by atoms with Crippen LogP contribution in [0.3, 0.4) is 0 Å². The number of nitrogens with one attached hydrogen (secondary N) is 1. The fourth-order valence-electron chi connectivity index (χ4n) is 3.06. The van der Waals surface area contributed by atoms with Gasteiger partial charge in [-0.2, -0.15) is 0 Å². The molecule has 0 aromatic heterocycles. The van der Waals surface area contributed by atoms with E-state index in [4.69, 9.17) is 21.1 Å². The minimum absolute atomic E-state index is 0.0392. The minimum Gasteiger partial charge on any atom is -0.497 e. The molecule has 3 rings (SSSR count). The third kappa shape index (κ3) is 4.24. The Morgan fingerprint density at radius 1 is 1.30 bits per heavy atom. The molecule has 2 aromatic rings. The predicted octanol–water partition coefficient (Wildman–Crippen LogP) is 4.09. The van der Waals surface area contributed by atoms with Crippen LogP contribution in [0.15, 0.2) is 53.9 Å². The van der Waals surface area contributed by atoms with E-state index < -0.39 is 15.4 Å². The van der Waals surface area contributed by atoms with Crippen molar-refractivity contribution in [2.24, 2.45) is 5.41 Å². The van der Waals surface area contributed by atoms with Crippen LogP contribution >= 0.6 is 11.6 Å². The number of sulfonamides is 1. The van der Waals surface area contributed by atoms with Crippen molar-refractivity contribution in [3.63, 3.8) is 0 Å². The van der Waals surface area contributed by atoms with Crippen LogP contribution in [0.5, 0.6) is 11.5 Å². The van der Waals surface area contributed by atoms with Crippen molar-refractivity contribution in [2.45, 2.75) is 18.7 Å². The first-order chi connectivity index (χ1) is 14.1. The number of carbonyl (C=O) groups excluding carboxylic acids is 1. The summed E-state index contributed by atoms with van der Waals surface area (Å²) < 4.78 is 39.1. The number of hydrogen-bond donors (Lipinski definition) is 1. The number of hydrogen-bond acceptors (Lipinski definition) is 5. The molecule has 9 heteroatoms. The van der Waals surface area contributed by atoms with Crippen molar-refractivity contribution >= 4 is 38.9 Å². The lowest BCUT2D eigenvalue weighted by Gasteiger charge is -2.27. The van der Waals surface area contributed by atoms with Crippen molar-refractivity contribution in [3.05, 3.63) is 54.1 Å². The molecular formula is C21H23ClN2O5S. The van der Waals surface area contributed by atoms with Gasteiger partial charge in [-0.3, -0.25) is 9.52 Å². The summed E-state index contributed by atoms with van der Waals surface area (Å²) in [4.78, 5) is 14.4. The molecule has 2 aromatic carbocycles. The molecule has 160 valence electrons. The van der Waals surface area contributed by atoms with E-state index in [-0.39, 0.29) is 28.1 Å². The first kappa shape index (κ1) is 22.0. The van der Waals surface area contributed by atoms with Crippen LogP contribution in [0.1, 0.15) is 13.8 Å². The van der Waals surface area contributed by atoms with E-state index in [9.17, 15) is 13.2 Å². The van der Waals surface area contributed by atoms with Crippen LogP contribution in [-0.4, -0.2) is 34.6 Å². The van der Waals surface area contributed by atoms with Gasteiger partial charge < -0.3 is 14.4 Å². The molecule has 1 aliphatic rings. The molecule has 1 heterocycles. The van der Waals surface area contributed by atoms with Crippen LogP contribution in [0.4, 0.5) is 11.4 Å². The third-order valence-corrected chi connectivity index (χ3v) is 6.52. The van der Waals surface area contributed by atoms with Gasteiger partial charge in [-0.1, -0.05) is 17.7 Å². The molecule has 0 saturated heterocycles. The van der Waals surface area contributed by atoms with Crippen molar-refractivity contribution < 1.29 is 22.7 Å². The Bertz CT molecular complexity index is 1100. The average Bonchev–Trinajstić information content (AvgIpc) is 2.78. The summed E-state index contributed by atoms with van der Waals surface area (Å²) >= 11 is 6.12. The molecule has 30 heavy (non-hydrogen) atoms. The van der Waals surface area contributed by atoms with E-state index in [2.05, 4.69) is 11.3 Å². The topological polar surface area (TPSA) is 84.9 Å². The first-order valence-corrected chi connectivity index (χ1v) is 11.0. The van der Waals surface area contributed by atoms with Crippen LogP contribution < -0.4 is 19.1 Å². The van der Waals surface area contributed by atoms with E-state index >= 15 is 0 Å². The molecule has 0 radical (unpaired) electrons. The quantitative estimate of drug-likeness (QED) is 0.670. The van der Waals surface area contributed by atoms with E-state index in [0.29, 0.717) is 23.7 Å². The van der Waals surface area contributed by atoms with Gasteiger partial charge >= 0.3 is 0 Å². The van der Waals surface area contributed by atoms with Crippen LogP contribution in [0.25, 0.3) is 0 Å². The van der Waals surface area contributed by atoms with Gasteiger partial charge in [0, 0.05) is 18.7 Å². The van der Waals surface area contributed by atoms with Gasteiger partial charge in [0.1, 0.15) is 23.0 Å². The molecular weight excluding hydrogens is 428 g/mol. The molecule has 0 saturated carbocycles. The second-order valence-corrected chi connectivity index (χ2v) is 9.52. The maximum Gasteiger partial charge on any atom is 0.263 e. The van der Waals surface area contributed by atoms with Crippen molar-refractivity contribution in [1.29, 1.82) is 0 Å². The minimum atomic E-state index is -3.95. The molecule has 0 bridgehead atoms. The second-order valence-electron chi connectivity index (χ2n) is 7.46. The Hall–Kier alpha value is -2.71. The lowest BCUT2D eigenvalue weighted by atomic mass is 9.93. The number of carbonyl (C=O) groups is 1. The fraction of sp³-hybridized carbons (Fsp3) is 0.286. The van der Waals surface area contributed by atoms with E-state index in [0.717, 1.165) is 0 Å². The first-order valence-electron chi connectivity index (χ1n) is 9.15. The Balaban J connectivity index is 1.96. The standard InChI is InChI=1S/C21H23ClN2O5S/c1-5-10-24-17-8-6-14(11-18(17)29-13-21(2,3)20(24)25)23-30(26,27)19-9-7-15(28-4)12-16(19)22/h5-9,11-12,23H,1,10,13H2,2-4H3. The largest absolute Gasteiger partial charge is 0.497 e. The highest BCUT2D eigenvalue weighted by atomic mass is 35.5. The highest BCUT2D eigenvalue weighted by Gasteiger charge is 2.37. The zero-order chi connectivity index (χ0) is 22.1. The number of nitrogens with zero attached hydrogens (tertiary/aromatic N) is 1. The molecule has 7 nitrogen and oxygen atoms in total. The molecule has 0 atom stereocenters. The number of rotatable bonds is 6. The van der Waals surface area contributed by atoms with Crippen molar-refractivity contribution in [2.75, 3.05) is 29.9 Å². The maximum atomic E-state index is 12.9. The summed E-state index contributed by atoms with van der Waals surface area (Å²) in [6.45, 7) is 7.78. The summed E-state index contributed by atoms with van der Waals surface area (Å²) in [5, 5.41) is 0.0392. The monoisotopic (exact) mass is 450 g/mol. The SMILES string of the molecule is C=CCN1C(=O)C(C)(C)COc2cc(NS(=O)(=O)c3ccc(OC)cc3Cl)ccc21. The fourth-order valence-corrected chi connectivity index (χ4v) is 4.64. The Kier molecular flexibility index (Phi) is 6.01. The van der Waals surface area contributed by atoms with Gasteiger partial charge in [-0.15, -0.1) is 6.58 Å². The van der Waals surface area contributed by atoms with Gasteiger partial charge in [0.15, 0.2) is 0 Å². The van der Waals surface area contributed by atoms with Gasteiger partial charge in [0.25, 0.3) is 10.0 Å². The Morgan fingerprint density at radius 2 is 2.03 bits per heavy atom. The van der Waals surface area contributed by atoms with Gasteiger partial charge in [-0.05, 0) is 38.1 Å². The highest BCUT2D eigenvalue weighted by molar-refractivity contribution is 7.92. The number of anilines is 2. The normalized spacial score (nSPS) is 15.6. The zero-order valence-corrected chi connectivity index (χ0v) is 18.5. The molecule has 1 aliphatic heterocycles. The summed E-state index contributed by atoms with van der Waals surface area (Å²) in [7, 11) is -2.48. The zero-order valence-electron chi connectivity index (χ0n) is 16.9. The number of halogens is 1. The Morgan fingerprint density at radius 3 is 2.67 bits per heavy atom.